The van der Waals surface area contributed by atoms with E-state index >= 15 is 0 Å². The second-order valence-electron chi connectivity index (χ2n) is 3.51. The fraction of sp³-hybridized carbons (Fsp3) is 0.154. The quantitative estimate of drug-likeness (QED) is 0.751. The average Bonchev–Trinajstić information content (AvgIpc) is 2.41. The van der Waals surface area contributed by atoms with E-state index in [-0.39, 0.29) is 6.10 Å². The van der Waals surface area contributed by atoms with Crippen molar-refractivity contribution < 1.29 is 9.53 Å². The maximum Gasteiger partial charge on any atom is 0.153 e. The fourth-order valence-corrected chi connectivity index (χ4v) is 1.69. The van der Waals surface area contributed by atoms with E-state index in [4.69, 9.17) is 4.74 Å². The van der Waals surface area contributed by atoms with Crippen LogP contribution >= 0.6 is 0 Å². The minimum Gasteiger partial charge on any atom is -0.370 e. The lowest BCUT2D eigenvalue weighted by molar-refractivity contribution is 0.110. The summed E-state index contributed by atoms with van der Waals surface area (Å²) >= 11 is 0. The second kappa shape index (κ2) is 5.32. The Kier molecular flexibility index (Phi) is 3.57. The molecule has 2 aromatic rings. The van der Waals surface area contributed by atoms with E-state index in [1.54, 1.807) is 7.11 Å². The summed E-state index contributed by atoms with van der Waals surface area (Å²) in [7, 11) is 1.59. The van der Waals surface area contributed by atoms with Gasteiger partial charge < -0.3 is 4.74 Å². The summed E-state index contributed by atoms with van der Waals surface area (Å²) in [5, 5.41) is 0. The van der Waals surface area contributed by atoms with Crippen LogP contribution in [0.2, 0.25) is 0 Å². The van der Waals surface area contributed by atoms with E-state index in [9.17, 15) is 4.79 Å². The molecule has 1 atom stereocenters. The molecule has 0 saturated heterocycles. The van der Waals surface area contributed by atoms with Crippen molar-refractivity contribution in [2.45, 2.75) is 6.10 Å². The third kappa shape index (κ3) is 2.37. The normalized spacial score (nSPS) is 12.1. The van der Waals surface area contributed by atoms with Gasteiger partial charge in [-0.05, 0) is 5.56 Å². The SMILES string of the molecule is COC(c1ccccc1)c1ncncc1C=O. The molecule has 0 N–H and O–H groups in total. The highest BCUT2D eigenvalue weighted by Crippen LogP contribution is 2.24. The molecular formula is C13H12N2O2. The first-order chi connectivity index (χ1) is 8.36. The first-order valence-corrected chi connectivity index (χ1v) is 5.19. The van der Waals surface area contributed by atoms with Gasteiger partial charge in [0.05, 0.1) is 11.3 Å². The zero-order valence-corrected chi connectivity index (χ0v) is 9.41. The molecule has 0 aliphatic heterocycles. The number of nitrogens with zero attached hydrogens (tertiary/aromatic N) is 2. The standard InChI is InChI=1S/C13H12N2O2/c1-17-13(10-5-3-2-4-6-10)12-11(8-16)7-14-9-15-12/h2-9,13H,1H3. The Hall–Kier alpha value is -2.07. The molecule has 2 rings (SSSR count). The third-order valence-corrected chi connectivity index (χ3v) is 2.49. The minimum atomic E-state index is -0.348. The number of carbonyl (C=O) groups is 1. The largest absolute Gasteiger partial charge is 0.370 e. The summed E-state index contributed by atoms with van der Waals surface area (Å²) in [5.41, 5.74) is 1.99. The van der Waals surface area contributed by atoms with E-state index in [0.717, 1.165) is 11.8 Å². The van der Waals surface area contributed by atoms with Crippen LogP contribution in [0.1, 0.15) is 27.7 Å². The number of hydrogen-bond acceptors (Lipinski definition) is 4. The maximum atomic E-state index is 10.9. The van der Waals surface area contributed by atoms with Gasteiger partial charge >= 0.3 is 0 Å². The Morgan fingerprint density at radius 2 is 2.06 bits per heavy atom. The van der Waals surface area contributed by atoms with E-state index in [0.29, 0.717) is 11.3 Å². The maximum absolute atomic E-state index is 10.9. The van der Waals surface area contributed by atoms with Crippen molar-refractivity contribution in [3.63, 3.8) is 0 Å². The molecule has 0 radical (unpaired) electrons. The van der Waals surface area contributed by atoms with Crippen LogP contribution in [0.25, 0.3) is 0 Å². The molecular weight excluding hydrogens is 216 g/mol. The highest BCUT2D eigenvalue weighted by molar-refractivity contribution is 5.76. The highest BCUT2D eigenvalue weighted by atomic mass is 16.5. The van der Waals surface area contributed by atoms with Gasteiger partial charge in [0.1, 0.15) is 12.4 Å². The molecule has 1 aromatic heterocycles. The predicted octanol–water partition coefficient (Wildman–Crippen LogP) is 2.02. The summed E-state index contributed by atoms with van der Waals surface area (Å²) in [4.78, 5) is 18.9. The molecule has 0 aliphatic rings. The minimum absolute atomic E-state index is 0.348. The molecule has 4 nitrogen and oxygen atoms in total. The van der Waals surface area contributed by atoms with Gasteiger partial charge in [0.2, 0.25) is 0 Å². The van der Waals surface area contributed by atoms with Crippen LogP contribution in [0.4, 0.5) is 0 Å². The predicted molar refractivity (Wildman–Crippen MR) is 62.7 cm³/mol. The molecule has 1 aromatic carbocycles. The molecule has 17 heavy (non-hydrogen) atoms. The van der Waals surface area contributed by atoms with Crippen molar-refractivity contribution >= 4 is 6.29 Å². The number of ether oxygens (including phenoxy) is 1. The Labute approximate surface area is 99.3 Å². The summed E-state index contributed by atoms with van der Waals surface area (Å²) in [6.45, 7) is 0. The van der Waals surface area contributed by atoms with Crippen LogP contribution < -0.4 is 0 Å². The van der Waals surface area contributed by atoms with Crippen molar-refractivity contribution in [3.8, 4) is 0 Å². The molecule has 86 valence electrons. The van der Waals surface area contributed by atoms with Crippen LogP contribution in [0.15, 0.2) is 42.9 Å². The summed E-state index contributed by atoms with van der Waals surface area (Å²) in [6.07, 6.45) is 3.30. The Balaban J connectivity index is 2.46. The summed E-state index contributed by atoms with van der Waals surface area (Å²) in [6, 6.07) is 9.64. The van der Waals surface area contributed by atoms with Crippen LogP contribution in [-0.2, 0) is 4.74 Å². The van der Waals surface area contributed by atoms with Crippen LogP contribution in [-0.4, -0.2) is 23.4 Å². The van der Waals surface area contributed by atoms with E-state index < -0.39 is 0 Å². The molecule has 0 spiro atoms. The smallest absolute Gasteiger partial charge is 0.153 e. The van der Waals surface area contributed by atoms with Gasteiger partial charge in [-0.1, -0.05) is 30.3 Å². The number of carbonyl (C=O) groups excluding carboxylic acids is 1. The van der Waals surface area contributed by atoms with E-state index in [1.807, 2.05) is 30.3 Å². The summed E-state index contributed by atoms with van der Waals surface area (Å²) in [5.74, 6) is 0. The topological polar surface area (TPSA) is 52.1 Å². The van der Waals surface area contributed by atoms with Gasteiger partial charge in [0.15, 0.2) is 6.29 Å². The monoisotopic (exact) mass is 228 g/mol. The zero-order valence-electron chi connectivity index (χ0n) is 9.41. The van der Waals surface area contributed by atoms with Gasteiger partial charge in [0, 0.05) is 13.3 Å². The fourth-order valence-electron chi connectivity index (χ4n) is 1.69. The molecule has 1 unspecified atom stereocenters. The van der Waals surface area contributed by atoms with Crippen molar-refractivity contribution in [1.29, 1.82) is 0 Å². The van der Waals surface area contributed by atoms with Crippen LogP contribution in [0, 0.1) is 0 Å². The molecule has 0 bridgehead atoms. The number of benzene rings is 1. The van der Waals surface area contributed by atoms with Gasteiger partial charge in [0.25, 0.3) is 0 Å². The van der Waals surface area contributed by atoms with Crippen molar-refractivity contribution in [1.82, 2.24) is 9.97 Å². The first kappa shape index (κ1) is 11.4. The molecule has 0 amide bonds. The van der Waals surface area contributed by atoms with Crippen molar-refractivity contribution in [2.75, 3.05) is 7.11 Å². The highest BCUT2D eigenvalue weighted by Gasteiger charge is 2.18. The zero-order chi connectivity index (χ0) is 12.1. The van der Waals surface area contributed by atoms with Crippen LogP contribution in [0.3, 0.4) is 0 Å². The lowest BCUT2D eigenvalue weighted by atomic mass is 10.0. The Bertz CT molecular complexity index is 500. The molecule has 0 fully saturated rings. The molecule has 0 aliphatic carbocycles. The van der Waals surface area contributed by atoms with Crippen molar-refractivity contribution in [2.24, 2.45) is 0 Å². The van der Waals surface area contributed by atoms with Gasteiger partial charge in [-0.2, -0.15) is 0 Å². The van der Waals surface area contributed by atoms with Crippen molar-refractivity contribution in [3.05, 3.63) is 59.7 Å². The molecule has 0 saturated carbocycles. The number of methoxy groups -OCH3 is 1. The number of rotatable bonds is 4. The van der Waals surface area contributed by atoms with Gasteiger partial charge in [-0.3, -0.25) is 4.79 Å². The average molecular weight is 228 g/mol. The lowest BCUT2D eigenvalue weighted by Crippen LogP contribution is -2.09. The number of aromatic nitrogens is 2. The molecule has 1 heterocycles. The first-order valence-electron chi connectivity index (χ1n) is 5.19. The van der Waals surface area contributed by atoms with Crippen LogP contribution in [0.5, 0.6) is 0 Å². The number of aldehydes is 1. The molecule has 4 heteroatoms. The van der Waals surface area contributed by atoms with E-state index in [1.165, 1.54) is 12.5 Å². The Morgan fingerprint density at radius 1 is 1.29 bits per heavy atom. The lowest BCUT2D eigenvalue weighted by Gasteiger charge is -2.16. The number of hydrogen-bond donors (Lipinski definition) is 0. The third-order valence-electron chi connectivity index (χ3n) is 2.49. The second-order valence-corrected chi connectivity index (χ2v) is 3.51. The van der Waals surface area contributed by atoms with Gasteiger partial charge in [-0.15, -0.1) is 0 Å². The summed E-state index contributed by atoms with van der Waals surface area (Å²) < 4.78 is 5.42. The van der Waals surface area contributed by atoms with Gasteiger partial charge in [-0.25, -0.2) is 9.97 Å². The van der Waals surface area contributed by atoms with E-state index in [2.05, 4.69) is 9.97 Å². The Morgan fingerprint density at radius 3 is 2.71 bits per heavy atom.